The number of nitrogens with zero attached hydrogens (tertiary/aromatic N) is 4. The number of benzene rings is 2. The number of rotatable bonds is 7. The van der Waals surface area contributed by atoms with E-state index in [0.717, 1.165) is 11.1 Å². The molecular formula is C26H27N4O3S+. The van der Waals surface area contributed by atoms with Crippen molar-refractivity contribution in [3.63, 3.8) is 0 Å². The van der Waals surface area contributed by atoms with Crippen molar-refractivity contribution in [3.05, 3.63) is 81.9 Å². The van der Waals surface area contributed by atoms with Crippen LogP contribution in [0.1, 0.15) is 28.7 Å². The molecule has 3 rings (SSSR count). The van der Waals surface area contributed by atoms with Gasteiger partial charge in [0.15, 0.2) is 11.5 Å². The van der Waals surface area contributed by atoms with Crippen molar-refractivity contribution in [3.8, 4) is 12.1 Å². The predicted octanol–water partition coefficient (Wildman–Crippen LogP) is 3.62. The maximum atomic E-state index is 13.3. The fourth-order valence-corrected chi connectivity index (χ4v) is 5.06. The molecule has 1 atom stereocenters. The first-order chi connectivity index (χ1) is 16.2. The molecule has 0 spiro atoms. The third kappa shape index (κ3) is 6.57. The van der Waals surface area contributed by atoms with E-state index in [0.29, 0.717) is 35.2 Å². The summed E-state index contributed by atoms with van der Waals surface area (Å²) >= 11 is 0. The van der Waals surface area contributed by atoms with Crippen molar-refractivity contribution in [2.45, 2.75) is 6.42 Å². The molecule has 7 nitrogen and oxygen atoms in total. The van der Waals surface area contributed by atoms with Crippen LogP contribution in [0.2, 0.25) is 0 Å². The summed E-state index contributed by atoms with van der Waals surface area (Å²) in [6.07, 6.45) is 3.96. The Morgan fingerprint density at radius 1 is 0.941 bits per heavy atom. The van der Waals surface area contributed by atoms with Crippen LogP contribution in [0, 0.1) is 22.7 Å². The molecule has 1 aliphatic rings. The second-order valence-corrected chi connectivity index (χ2v) is 10.5. The largest absolute Gasteiger partial charge is 0.309 e. The molecule has 0 radical (unpaired) electrons. The fraction of sp³-hybridized carbons (Fsp3) is 0.269. The first-order valence-corrected chi connectivity index (χ1v) is 12.5. The minimum absolute atomic E-state index is 0.0564. The highest BCUT2D eigenvalue weighted by atomic mass is 32.3. The maximum Gasteiger partial charge on any atom is 0.291 e. The number of hydrogen-bond acceptors (Lipinski definition) is 5. The Bertz CT molecular complexity index is 1150. The van der Waals surface area contributed by atoms with Crippen LogP contribution in [0.15, 0.2) is 59.7 Å². The van der Waals surface area contributed by atoms with Gasteiger partial charge < -0.3 is 4.90 Å². The van der Waals surface area contributed by atoms with Crippen LogP contribution >= 0.6 is 0 Å². The highest BCUT2D eigenvalue weighted by Gasteiger charge is 2.41. The van der Waals surface area contributed by atoms with Crippen molar-refractivity contribution in [1.82, 2.24) is 9.21 Å². The average molecular weight is 476 g/mol. The van der Waals surface area contributed by atoms with Crippen LogP contribution in [-0.4, -0.2) is 59.0 Å². The number of nitriles is 2. The predicted molar refractivity (Wildman–Crippen MR) is 134 cm³/mol. The Labute approximate surface area is 201 Å². The molecule has 0 amide bonds. The zero-order chi connectivity index (χ0) is 24.7. The van der Waals surface area contributed by atoms with Gasteiger partial charge in [-0.15, -0.1) is 0 Å². The lowest BCUT2D eigenvalue weighted by atomic mass is 9.95. The van der Waals surface area contributed by atoms with Crippen LogP contribution in [0.3, 0.4) is 0 Å². The molecular weight excluding hydrogens is 448 g/mol. The molecule has 2 aromatic rings. The molecule has 1 aliphatic heterocycles. The first-order valence-electron chi connectivity index (χ1n) is 10.8. The van der Waals surface area contributed by atoms with Crippen LogP contribution in [0.5, 0.6) is 0 Å². The Morgan fingerprint density at radius 3 is 1.76 bits per heavy atom. The van der Waals surface area contributed by atoms with Crippen molar-refractivity contribution < 1.29 is 13.6 Å². The smallest absolute Gasteiger partial charge is 0.291 e. The Kier molecular flexibility index (Phi) is 8.27. The highest BCUT2D eigenvalue weighted by molar-refractivity contribution is 7.95. The second kappa shape index (κ2) is 11.1. The minimum Gasteiger partial charge on any atom is -0.309 e. The molecule has 8 heteroatoms. The summed E-state index contributed by atoms with van der Waals surface area (Å²) in [7, 11) is 0.487. The van der Waals surface area contributed by atoms with E-state index in [2.05, 4.69) is 12.1 Å². The van der Waals surface area contributed by atoms with Gasteiger partial charge in [0.25, 0.3) is 10.4 Å². The lowest BCUT2D eigenvalue weighted by molar-refractivity contribution is -0.113. The van der Waals surface area contributed by atoms with Gasteiger partial charge in [0.1, 0.15) is 0 Å². The third-order valence-electron chi connectivity index (χ3n) is 5.46. The maximum absolute atomic E-state index is 13.3. The van der Waals surface area contributed by atoms with Gasteiger partial charge in [0, 0.05) is 24.1 Å². The molecule has 2 aromatic carbocycles. The SMILES string of the molecule is CN(C)CCC[S+](=O)(O)N1C/C(=C\c2ccc(C#N)cc2)C(=O)/C(=C/c2ccc(C#N)cc2)C1. The van der Waals surface area contributed by atoms with E-state index in [1.165, 1.54) is 4.31 Å². The van der Waals surface area contributed by atoms with E-state index in [9.17, 15) is 13.6 Å². The van der Waals surface area contributed by atoms with Gasteiger partial charge in [-0.05, 0) is 65.8 Å². The molecule has 0 aliphatic carbocycles. The van der Waals surface area contributed by atoms with Crippen LogP contribution in [-0.2, 0) is 19.4 Å². The minimum atomic E-state index is -3.34. The van der Waals surface area contributed by atoms with Gasteiger partial charge in [0.05, 0.1) is 36.4 Å². The van der Waals surface area contributed by atoms with E-state index in [4.69, 9.17) is 10.5 Å². The van der Waals surface area contributed by atoms with Crippen LogP contribution in [0.25, 0.3) is 12.2 Å². The number of carbonyl (C=O) groups is 1. The normalized spacial score (nSPS) is 18.6. The van der Waals surface area contributed by atoms with Crippen molar-refractivity contribution in [2.24, 2.45) is 0 Å². The molecule has 1 fully saturated rings. The molecule has 34 heavy (non-hydrogen) atoms. The van der Waals surface area contributed by atoms with E-state index in [1.54, 1.807) is 60.7 Å². The molecule has 0 saturated carbocycles. The van der Waals surface area contributed by atoms with Gasteiger partial charge in [-0.25, -0.2) is 0 Å². The lowest BCUT2D eigenvalue weighted by Crippen LogP contribution is -2.46. The molecule has 1 N–H and O–H groups in total. The van der Waals surface area contributed by atoms with Gasteiger partial charge in [-0.2, -0.15) is 15.1 Å². The summed E-state index contributed by atoms with van der Waals surface area (Å²) in [6.45, 7) is 0.799. The van der Waals surface area contributed by atoms with E-state index >= 15 is 0 Å². The van der Waals surface area contributed by atoms with Gasteiger partial charge in [-0.3, -0.25) is 4.79 Å². The lowest BCUT2D eigenvalue weighted by Gasteiger charge is -2.27. The summed E-state index contributed by atoms with van der Waals surface area (Å²) in [4.78, 5) is 15.3. The number of ketones is 1. The Morgan fingerprint density at radius 2 is 1.38 bits per heavy atom. The summed E-state index contributed by atoms with van der Waals surface area (Å²) in [6, 6.07) is 17.8. The average Bonchev–Trinajstić information content (AvgIpc) is 2.82. The monoisotopic (exact) mass is 475 g/mol. The van der Waals surface area contributed by atoms with Gasteiger partial charge >= 0.3 is 0 Å². The molecule has 174 valence electrons. The van der Waals surface area contributed by atoms with E-state index < -0.39 is 10.4 Å². The summed E-state index contributed by atoms with van der Waals surface area (Å²) in [5.41, 5.74) is 3.31. The zero-order valence-corrected chi connectivity index (χ0v) is 20.1. The molecule has 0 bridgehead atoms. The van der Waals surface area contributed by atoms with Crippen molar-refractivity contribution in [2.75, 3.05) is 39.5 Å². The molecule has 0 aromatic heterocycles. The van der Waals surface area contributed by atoms with E-state index in [1.807, 2.05) is 19.0 Å². The van der Waals surface area contributed by atoms with Crippen molar-refractivity contribution >= 4 is 28.3 Å². The highest BCUT2D eigenvalue weighted by Crippen LogP contribution is 2.26. The number of Topliss-reactive ketones (excluding diaryl/α,β-unsaturated/α-hetero) is 1. The second-order valence-electron chi connectivity index (χ2n) is 8.40. The Hall–Kier alpha value is -3.40. The Balaban J connectivity index is 1.95. The van der Waals surface area contributed by atoms with Crippen LogP contribution < -0.4 is 0 Å². The first kappa shape index (κ1) is 25.2. The fourth-order valence-electron chi connectivity index (χ4n) is 3.62. The van der Waals surface area contributed by atoms with Gasteiger partial charge in [-0.1, -0.05) is 28.6 Å². The molecule has 1 saturated heterocycles. The standard InChI is InChI=1S/C26H26N4O3S/c1-29(2)12-3-13-34(32,33)30-18-24(14-20-4-8-22(16-27)9-5-20)26(31)25(19-30)15-21-6-10-23(17-28)11-7-21/h4-11,14-15H,3,12-13,18-19H2,1-2H3/p+1/b24-14+,25-15+. The van der Waals surface area contributed by atoms with Crippen molar-refractivity contribution in [1.29, 1.82) is 10.5 Å². The number of piperidine rings is 1. The number of hydrogen-bond donors (Lipinski definition) is 1. The summed E-state index contributed by atoms with van der Waals surface area (Å²) in [5.74, 6) is -0.0818. The topological polar surface area (TPSA) is 108 Å². The van der Waals surface area contributed by atoms with E-state index in [-0.39, 0.29) is 24.6 Å². The quantitative estimate of drug-likeness (QED) is 0.484. The molecule has 1 heterocycles. The number of carbonyl (C=O) groups excluding carboxylic acids is 1. The summed E-state index contributed by atoms with van der Waals surface area (Å²) < 4.78 is 25.5. The zero-order valence-electron chi connectivity index (χ0n) is 19.3. The van der Waals surface area contributed by atoms with Gasteiger partial charge in [0.2, 0.25) is 0 Å². The summed E-state index contributed by atoms with van der Waals surface area (Å²) in [5, 5.41) is 18.0. The van der Waals surface area contributed by atoms with Crippen LogP contribution in [0.4, 0.5) is 0 Å². The molecule has 1 unspecified atom stereocenters. The third-order valence-corrected chi connectivity index (χ3v) is 7.34.